The van der Waals surface area contributed by atoms with Crippen molar-refractivity contribution in [2.45, 2.75) is 57.9 Å². The van der Waals surface area contributed by atoms with Crippen molar-refractivity contribution < 1.29 is 29.0 Å². The van der Waals surface area contributed by atoms with Crippen LogP contribution in [0.2, 0.25) is 0 Å². The largest absolute Gasteiger partial charge is 0.497 e. The molecular weight excluding hydrogens is 464 g/mol. The smallest absolute Gasteiger partial charge is 0.322 e. The Morgan fingerprint density at radius 1 is 1.17 bits per heavy atom. The lowest BCUT2D eigenvalue weighted by atomic mass is 9.92. The fraction of sp³-hybridized carbons (Fsp3) is 0.615. The van der Waals surface area contributed by atoms with Crippen LogP contribution in [0.3, 0.4) is 0 Å². The quantitative estimate of drug-likeness (QED) is 0.412. The van der Waals surface area contributed by atoms with Crippen molar-refractivity contribution in [3.63, 3.8) is 0 Å². The molecule has 2 heterocycles. The molecule has 2 aliphatic heterocycles. The standard InChI is InChI=1S/C26H38N4O6/c1-18(26(34)35)28-30(24(32)16-20-5-8-22(36-2)9-6-20)25(33)21-4-3-15-29(17-21)23(31)10-7-19-11-13-27-14-12-19/h5-6,8-9,18-19,21,27-28H,3-4,7,10-17H2,1-2H3,(H,34,35)/t18-,21+/m0/s1. The van der Waals surface area contributed by atoms with Gasteiger partial charge in [0, 0.05) is 19.5 Å². The average Bonchev–Trinajstić information content (AvgIpc) is 2.90. The van der Waals surface area contributed by atoms with Crippen LogP contribution in [0.1, 0.15) is 51.0 Å². The monoisotopic (exact) mass is 502 g/mol. The summed E-state index contributed by atoms with van der Waals surface area (Å²) >= 11 is 0. The lowest BCUT2D eigenvalue weighted by molar-refractivity contribution is -0.155. The van der Waals surface area contributed by atoms with Crippen molar-refractivity contribution in [2.24, 2.45) is 11.8 Å². The van der Waals surface area contributed by atoms with E-state index >= 15 is 0 Å². The van der Waals surface area contributed by atoms with Crippen molar-refractivity contribution in [1.29, 1.82) is 0 Å². The number of hydrazine groups is 1. The third kappa shape index (κ3) is 7.76. The molecule has 0 aliphatic carbocycles. The first-order chi connectivity index (χ1) is 17.3. The zero-order chi connectivity index (χ0) is 26.1. The van der Waals surface area contributed by atoms with Crippen LogP contribution in [-0.2, 0) is 25.6 Å². The van der Waals surface area contributed by atoms with E-state index in [4.69, 9.17) is 4.74 Å². The predicted octanol–water partition coefficient (Wildman–Crippen LogP) is 1.59. The van der Waals surface area contributed by atoms with E-state index in [1.165, 1.54) is 6.92 Å². The van der Waals surface area contributed by atoms with Crippen molar-refractivity contribution >= 4 is 23.7 Å². The average molecular weight is 503 g/mol. The van der Waals surface area contributed by atoms with Gasteiger partial charge in [-0.2, -0.15) is 0 Å². The maximum Gasteiger partial charge on any atom is 0.322 e. The number of amides is 3. The van der Waals surface area contributed by atoms with E-state index in [1.807, 2.05) is 0 Å². The van der Waals surface area contributed by atoms with E-state index in [9.17, 15) is 24.3 Å². The zero-order valence-electron chi connectivity index (χ0n) is 21.2. The first kappa shape index (κ1) is 27.6. The summed E-state index contributed by atoms with van der Waals surface area (Å²) in [4.78, 5) is 52.6. The Labute approximate surface area is 212 Å². The van der Waals surface area contributed by atoms with E-state index in [0.717, 1.165) is 37.4 Å². The molecule has 0 bridgehead atoms. The number of carbonyl (C=O) groups excluding carboxylic acids is 3. The Morgan fingerprint density at radius 2 is 1.86 bits per heavy atom. The van der Waals surface area contributed by atoms with Crippen LogP contribution < -0.4 is 15.5 Å². The molecule has 0 radical (unpaired) electrons. The number of nitrogens with one attached hydrogen (secondary N) is 2. The van der Waals surface area contributed by atoms with Crippen LogP contribution in [0.4, 0.5) is 0 Å². The first-order valence-electron chi connectivity index (χ1n) is 12.8. The fourth-order valence-electron chi connectivity index (χ4n) is 4.75. The number of likely N-dealkylation sites (tertiary alicyclic amines) is 1. The van der Waals surface area contributed by atoms with Gasteiger partial charge in [-0.15, -0.1) is 0 Å². The molecule has 1 aromatic rings. The van der Waals surface area contributed by atoms with Gasteiger partial charge in [0.25, 0.3) is 0 Å². The summed E-state index contributed by atoms with van der Waals surface area (Å²) in [5.41, 5.74) is 3.24. The molecule has 2 saturated heterocycles. The van der Waals surface area contributed by atoms with Crippen molar-refractivity contribution in [3.8, 4) is 5.75 Å². The van der Waals surface area contributed by atoms with E-state index < -0.39 is 29.7 Å². The number of carboxylic acids is 1. The van der Waals surface area contributed by atoms with E-state index in [1.54, 1.807) is 36.3 Å². The molecular formula is C26H38N4O6. The molecule has 1 aromatic carbocycles. The summed E-state index contributed by atoms with van der Waals surface area (Å²) in [5.74, 6) is -1.58. The number of hydrogen-bond acceptors (Lipinski definition) is 7. The highest BCUT2D eigenvalue weighted by atomic mass is 16.5. The molecule has 3 amide bonds. The number of ether oxygens (including phenoxy) is 1. The number of aliphatic carboxylic acids is 1. The Kier molecular flexibility index (Phi) is 10.2. The van der Waals surface area contributed by atoms with Crippen LogP contribution in [0.25, 0.3) is 0 Å². The highest BCUT2D eigenvalue weighted by Crippen LogP contribution is 2.23. The van der Waals surface area contributed by atoms with Gasteiger partial charge in [0.2, 0.25) is 17.7 Å². The number of nitrogens with zero attached hydrogens (tertiary/aromatic N) is 2. The molecule has 36 heavy (non-hydrogen) atoms. The Hall–Kier alpha value is -2.98. The third-order valence-electron chi connectivity index (χ3n) is 7.03. The Morgan fingerprint density at radius 3 is 2.50 bits per heavy atom. The van der Waals surface area contributed by atoms with Gasteiger partial charge in [-0.3, -0.25) is 19.2 Å². The SMILES string of the molecule is COc1ccc(CC(=O)N(N[C@@H](C)C(=O)O)C(=O)[C@@H]2CCCN(C(=O)CCC3CCNCC3)C2)cc1. The number of imide groups is 1. The van der Waals surface area contributed by atoms with Gasteiger partial charge in [0.15, 0.2) is 0 Å². The van der Waals surface area contributed by atoms with E-state index in [0.29, 0.717) is 43.0 Å². The number of hydrogen-bond donors (Lipinski definition) is 3. The highest BCUT2D eigenvalue weighted by Gasteiger charge is 2.35. The number of carbonyl (C=O) groups is 4. The van der Waals surface area contributed by atoms with Crippen LogP contribution in [-0.4, -0.2) is 78.0 Å². The predicted molar refractivity (Wildman–Crippen MR) is 133 cm³/mol. The maximum absolute atomic E-state index is 13.4. The van der Waals surface area contributed by atoms with Crippen molar-refractivity contribution in [1.82, 2.24) is 20.7 Å². The number of carboxylic acid groups (broad SMARTS) is 1. The molecule has 0 saturated carbocycles. The first-order valence-corrected chi connectivity index (χ1v) is 12.8. The summed E-state index contributed by atoms with van der Waals surface area (Å²) in [6.45, 7) is 4.18. The molecule has 10 heteroatoms. The highest BCUT2D eigenvalue weighted by molar-refractivity contribution is 5.97. The van der Waals surface area contributed by atoms with Gasteiger partial charge in [0.1, 0.15) is 11.8 Å². The van der Waals surface area contributed by atoms with Crippen molar-refractivity contribution in [2.75, 3.05) is 33.3 Å². The maximum atomic E-state index is 13.4. The molecule has 2 aliphatic rings. The minimum absolute atomic E-state index is 0.0361. The molecule has 0 aromatic heterocycles. The Balaban J connectivity index is 1.64. The number of piperidine rings is 2. The third-order valence-corrected chi connectivity index (χ3v) is 7.03. The lowest BCUT2D eigenvalue weighted by Gasteiger charge is -2.35. The second kappa shape index (κ2) is 13.4. The molecule has 10 nitrogen and oxygen atoms in total. The lowest BCUT2D eigenvalue weighted by Crippen LogP contribution is -2.57. The zero-order valence-corrected chi connectivity index (χ0v) is 21.2. The van der Waals surface area contributed by atoms with E-state index in [2.05, 4.69) is 10.7 Å². The van der Waals surface area contributed by atoms with Gasteiger partial charge in [-0.1, -0.05) is 12.1 Å². The van der Waals surface area contributed by atoms with Gasteiger partial charge in [0.05, 0.1) is 19.4 Å². The Bertz CT molecular complexity index is 916. The van der Waals surface area contributed by atoms with E-state index in [-0.39, 0.29) is 18.9 Å². The fourth-order valence-corrected chi connectivity index (χ4v) is 4.75. The summed E-state index contributed by atoms with van der Waals surface area (Å²) in [7, 11) is 1.55. The van der Waals surface area contributed by atoms with Gasteiger partial charge >= 0.3 is 5.97 Å². The molecule has 0 spiro atoms. The molecule has 3 N–H and O–H groups in total. The summed E-state index contributed by atoms with van der Waals surface area (Å²) in [6.07, 6.45) is 4.57. The van der Waals surface area contributed by atoms with Crippen LogP contribution in [0.5, 0.6) is 5.75 Å². The molecule has 0 unspecified atom stereocenters. The van der Waals surface area contributed by atoms with Crippen molar-refractivity contribution in [3.05, 3.63) is 29.8 Å². The topological polar surface area (TPSA) is 128 Å². The minimum atomic E-state index is -1.18. The summed E-state index contributed by atoms with van der Waals surface area (Å²) in [5, 5.41) is 13.5. The van der Waals surface area contributed by atoms with Crippen LogP contribution in [0, 0.1) is 11.8 Å². The van der Waals surface area contributed by atoms with Gasteiger partial charge in [-0.05, 0) is 75.7 Å². The molecule has 198 valence electrons. The molecule has 3 rings (SSSR count). The minimum Gasteiger partial charge on any atom is -0.497 e. The second-order valence-corrected chi connectivity index (χ2v) is 9.69. The molecule has 2 fully saturated rings. The van der Waals surface area contributed by atoms with Gasteiger partial charge in [-0.25, -0.2) is 10.4 Å². The van der Waals surface area contributed by atoms with Crippen LogP contribution >= 0.6 is 0 Å². The van der Waals surface area contributed by atoms with Gasteiger partial charge < -0.3 is 20.1 Å². The summed E-state index contributed by atoms with van der Waals surface area (Å²) in [6, 6.07) is 5.75. The molecule has 2 atom stereocenters. The second-order valence-electron chi connectivity index (χ2n) is 9.69. The normalized spacial score (nSPS) is 19.4. The number of rotatable bonds is 10. The number of benzene rings is 1. The summed E-state index contributed by atoms with van der Waals surface area (Å²) < 4.78 is 5.14. The number of methoxy groups -OCH3 is 1. The van der Waals surface area contributed by atoms with Crippen LogP contribution in [0.15, 0.2) is 24.3 Å².